The number of hydrogen-bond acceptors (Lipinski definition) is 7. The van der Waals surface area contributed by atoms with Gasteiger partial charge in [0.15, 0.2) is 12.0 Å². The van der Waals surface area contributed by atoms with E-state index in [9.17, 15) is 18.1 Å². The van der Waals surface area contributed by atoms with E-state index in [-0.39, 0.29) is 19.4 Å². The molecule has 0 radical (unpaired) electrons. The number of benzene rings is 2. The summed E-state index contributed by atoms with van der Waals surface area (Å²) in [5.74, 6) is -2.38. The Kier molecular flexibility index (Phi) is 7.05. The minimum atomic E-state index is -2.94. The summed E-state index contributed by atoms with van der Waals surface area (Å²) in [5.41, 5.74) is 3.00. The summed E-state index contributed by atoms with van der Waals surface area (Å²) < 4.78 is 48.1. The molecule has 1 aromatic heterocycles. The van der Waals surface area contributed by atoms with E-state index < -0.39 is 21.9 Å². The lowest BCUT2D eigenvalue weighted by atomic mass is 10.0. The van der Waals surface area contributed by atoms with Gasteiger partial charge in [-0.15, -0.1) is 10.2 Å². The highest BCUT2D eigenvalue weighted by Gasteiger charge is 2.34. The highest BCUT2D eigenvalue weighted by Crippen LogP contribution is 2.36. The molecule has 2 heterocycles. The van der Waals surface area contributed by atoms with E-state index in [1.54, 1.807) is 29.2 Å². The van der Waals surface area contributed by atoms with Crippen molar-refractivity contribution in [3.05, 3.63) is 65.7 Å². The highest BCUT2D eigenvalue weighted by atomic mass is 32.2. The van der Waals surface area contributed by atoms with Crippen molar-refractivity contribution in [2.75, 3.05) is 29.6 Å². The van der Waals surface area contributed by atoms with Crippen LogP contribution in [0.2, 0.25) is 0 Å². The molecule has 2 unspecified atom stereocenters. The molecule has 4 rings (SSSR count). The lowest BCUT2D eigenvalue weighted by molar-refractivity contribution is -0.0102. The van der Waals surface area contributed by atoms with Gasteiger partial charge < -0.3 is 15.3 Å². The van der Waals surface area contributed by atoms with Crippen LogP contribution in [0.1, 0.15) is 36.6 Å². The van der Waals surface area contributed by atoms with Gasteiger partial charge in [0.05, 0.1) is 21.0 Å². The topological polar surface area (TPSA) is 102 Å². The zero-order chi connectivity index (χ0) is 25.2. The van der Waals surface area contributed by atoms with Crippen molar-refractivity contribution in [2.24, 2.45) is 0 Å². The summed E-state index contributed by atoms with van der Waals surface area (Å²) in [6.45, 7) is 2.30. The Balaban J connectivity index is 1.76. The Labute approximate surface area is 204 Å². The standard InChI is InChI=1S/C25H29F2N5O2S/c1-17-21(24(33)29-19-10-6-11-20(16-19)35(2,28)34)23(32-14-7-12-25(26,27)13-15-32)31-30-22(17)18-8-4-3-5-9-18/h3-6,8-11,16,24,28-29,33H,7,12-15H2,1-2H3. The van der Waals surface area contributed by atoms with Gasteiger partial charge in [-0.1, -0.05) is 36.4 Å². The fourth-order valence-corrected chi connectivity index (χ4v) is 4.98. The molecule has 0 bridgehead atoms. The number of aromatic nitrogens is 2. The molecule has 2 atom stereocenters. The number of hydrogen-bond donors (Lipinski definition) is 3. The molecule has 3 aromatic rings. The predicted molar refractivity (Wildman–Crippen MR) is 133 cm³/mol. The Morgan fingerprint density at radius 1 is 1.11 bits per heavy atom. The third-order valence-electron chi connectivity index (χ3n) is 6.17. The first-order chi connectivity index (χ1) is 16.5. The number of halogens is 2. The zero-order valence-electron chi connectivity index (χ0n) is 19.7. The molecular weight excluding hydrogens is 472 g/mol. The maximum absolute atomic E-state index is 14.0. The van der Waals surface area contributed by atoms with Crippen LogP contribution in [-0.4, -0.2) is 44.8 Å². The van der Waals surface area contributed by atoms with Crippen LogP contribution in [0.25, 0.3) is 11.3 Å². The molecular formula is C25H29F2N5O2S. The van der Waals surface area contributed by atoms with Crippen LogP contribution in [0, 0.1) is 11.7 Å². The third kappa shape index (κ3) is 5.76. The Morgan fingerprint density at radius 3 is 2.57 bits per heavy atom. The van der Waals surface area contributed by atoms with Gasteiger partial charge in [0.25, 0.3) is 0 Å². The van der Waals surface area contributed by atoms with E-state index in [2.05, 4.69) is 15.5 Å². The maximum atomic E-state index is 14.0. The molecule has 186 valence electrons. The van der Waals surface area contributed by atoms with Gasteiger partial charge in [0.1, 0.15) is 0 Å². The molecule has 0 amide bonds. The second kappa shape index (κ2) is 9.87. The first-order valence-electron chi connectivity index (χ1n) is 11.4. The molecule has 7 nitrogen and oxygen atoms in total. The van der Waals surface area contributed by atoms with Crippen molar-refractivity contribution in [1.82, 2.24) is 10.2 Å². The van der Waals surface area contributed by atoms with Crippen molar-refractivity contribution in [1.29, 1.82) is 4.78 Å². The van der Waals surface area contributed by atoms with Crippen molar-refractivity contribution >= 4 is 21.2 Å². The van der Waals surface area contributed by atoms with Gasteiger partial charge in [-0.05, 0) is 37.1 Å². The van der Waals surface area contributed by atoms with Gasteiger partial charge in [0.2, 0.25) is 5.92 Å². The molecule has 2 aromatic carbocycles. The van der Waals surface area contributed by atoms with Crippen LogP contribution < -0.4 is 10.2 Å². The summed E-state index contributed by atoms with van der Waals surface area (Å²) in [5, 5.41) is 23.1. The monoisotopic (exact) mass is 501 g/mol. The van der Waals surface area contributed by atoms with E-state index >= 15 is 0 Å². The summed E-state index contributed by atoms with van der Waals surface area (Å²) in [6.07, 6.45) is -0.106. The van der Waals surface area contributed by atoms with Crippen molar-refractivity contribution in [3.8, 4) is 11.3 Å². The summed E-state index contributed by atoms with van der Waals surface area (Å²) in [4.78, 5) is 2.09. The van der Waals surface area contributed by atoms with Gasteiger partial charge in [-0.2, -0.15) is 0 Å². The minimum absolute atomic E-state index is 0.0950. The van der Waals surface area contributed by atoms with Crippen LogP contribution in [0.5, 0.6) is 0 Å². The number of nitrogens with zero attached hydrogens (tertiary/aromatic N) is 3. The number of nitrogens with one attached hydrogen (secondary N) is 2. The summed E-state index contributed by atoms with van der Waals surface area (Å²) >= 11 is 0. The number of aliphatic hydroxyl groups excluding tert-OH is 1. The minimum Gasteiger partial charge on any atom is -0.369 e. The Bertz CT molecular complexity index is 1300. The van der Waals surface area contributed by atoms with Crippen LogP contribution in [-0.2, 0) is 9.73 Å². The van der Waals surface area contributed by atoms with E-state index in [4.69, 9.17) is 4.78 Å². The van der Waals surface area contributed by atoms with E-state index in [0.717, 1.165) is 5.56 Å². The normalized spacial score (nSPS) is 18.4. The fraction of sp³-hybridized carbons (Fsp3) is 0.360. The molecule has 3 N–H and O–H groups in total. The molecule has 0 spiro atoms. The summed E-state index contributed by atoms with van der Waals surface area (Å²) in [7, 11) is -2.94. The lowest BCUT2D eigenvalue weighted by Gasteiger charge is -2.28. The molecule has 0 aliphatic carbocycles. The van der Waals surface area contributed by atoms with Crippen molar-refractivity contribution < 1.29 is 18.1 Å². The molecule has 0 saturated carbocycles. The first kappa shape index (κ1) is 25.0. The lowest BCUT2D eigenvalue weighted by Crippen LogP contribution is -2.30. The predicted octanol–water partition coefficient (Wildman–Crippen LogP) is 5.22. The van der Waals surface area contributed by atoms with Gasteiger partial charge in [0, 0.05) is 48.3 Å². The molecule has 1 saturated heterocycles. The molecule has 10 heteroatoms. The maximum Gasteiger partial charge on any atom is 0.249 e. The molecule has 35 heavy (non-hydrogen) atoms. The number of aliphatic hydroxyl groups is 1. The number of anilines is 2. The van der Waals surface area contributed by atoms with Crippen molar-refractivity contribution in [2.45, 2.75) is 43.2 Å². The second-order valence-electron chi connectivity index (χ2n) is 8.89. The number of alkyl halides is 2. The van der Waals surface area contributed by atoms with Crippen molar-refractivity contribution in [3.63, 3.8) is 0 Å². The molecule has 1 aliphatic heterocycles. The first-order valence-corrected chi connectivity index (χ1v) is 13.4. The van der Waals surface area contributed by atoms with Gasteiger partial charge in [-0.25, -0.2) is 17.8 Å². The van der Waals surface area contributed by atoms with Crippen LogP contribution >= 0.6 is 0 Å². The van der Waals surface area contributed by atoms with Crippen LogP contribution in [0.3, 0.4) is 0 Å². The van der Waals surface area contributed by atoms with Gasteiger partial charge >= 0.3 is 0 Å². The third-order valence-corrected chi connectivity index (χ3v) is 7.32. The van der Waals surface area contributed by atoms with Gasteiger partial charge in [-0.3, -0.25) is 0 Å². The average molecular weight is 502 g/mol. The Hall–Kier alpha value is -3.11. The second-order valence-corrected chi connectivity index (χ2v) is 11.1. The fourth-order valence-electron chi connectivity index (χ4n) is 4.29. The van der Waals surface area contributed by atoms with Crippen LogP contribution in [0.15, 0.2) is 59.5 Å². The van der Waals surface area contributed by atoms with E-state index in [0.29, 0.717) is 46.2 Å². The highest BCUT2D eigenvalue weighted by molar-refractivity contribution is 7.91. The smallest absolute Gasteiger partial charge is 0.249 e. The van der Waals surface area contributed by atoms with E-state index in [1.165, 1.54) is 6.26 Å². The zero-order valence-corrected chi connectivity index (χ0v) is 20.5. The van der Waals surface area contributed by atoms with Crippen LogP contribution in [0.4, 0.5) is 20.3 Å². The molecule has 1 fully saturated rings. The molecule has 1 aliphatic rings. The largest absolute Gasteiger partial charge is 0.369 e. The average Bonchev–Trinajstić information content (AvgIpc) is 2.99. The Morgan fingerprint density at radius 2 is 1.86 bits per heavy atom. The SMILES string of the molecule is Cc1c(-c2ccccc2)nnc(N2CCCC(F)(F)CC2)c1C(O)Nc1cccc(S(C)(=N)=O)c1. The quantitative estimate of drug-likeness (QED) is 0.401. The van der Waals surface area contributed by atoms with E-state index in [1.807, 2.05) is 37.3 Å². The summed E-state index contributed by atoms with van der Waals surface area (Å²) in [6, 6.07) is 16.0. The number of rotatable bonds is 6.